The quantitative estimate of drug-likeness (QED) is 0.642. The maximum absolute atomic E-state index is 5.23. The Bertz CT molecular complexity index is 344. The van der Waals surface area contributed by atoms with Crippen LogP contribution in [0.4, 0.5) is 5.69 Å². The summed E-state index contributed by atoms with van der Waals surface area (Å²) < 4.78 is 5.23. The van der Waals surface area contributed by atoms with E-state index < -0.39 is 0 Å². The number of methoxy groups -OCH3 is 1. The lowest BCUT2D eigenvalue weighted by Gasteiger charge is -2.16. The summed E-state index contributed by atoms with van der Waals surface area (Å²) in [7, 11) is 1.68. The number of hydrogen-bond donors (Lipinski definition) is 0. The SMILES string of the molecule is COc1cccc2c1N=CC(C)C2. The van der Waals surface area contributed by atoms with Crippen LogP contribution in [0.25, 0.3) is 0 Å². The highest BCUT2D eigenvalue weighted by Crippen LogP contribution is 2.34. The molecule has 68 valence electrons. The zero-order valence-electron chi connectivity index (χ0n) is 7.95. The van der Waals surface area contributed by atoms with Crippen LogP contribution in [0.15, 0.2) is 23.2 Å². The van der Waals surface area contributed by atoms with Gasteiger partial charge in [0, 0.05) is 6.21 Å². The van der Waals surface area contributed by atoms with Crippen molar-refractivity contribution in [1.29, 1.82) is 0 Å². The fourth-order valence-corrected chi connectivity index (χ4v) is 1.65. The summed E-state index contributed by atoms with van der Waals surface area (Å²) in [6.45, 7) is 2.17. The highest BCUT2D eigenvalue weighted by Gasteiger charge is 2.14. The average Bonchev–Trinajstić information content (AvgIpc) is 2.16. The number of para-hydroxylation sites is 1. The topological polar surface area (TPSA) is 21.6 Å². The Morgan fingerprint density at radius 3 is 3.08 bits per heavy atom. The lowest BCUT2D eigenvalue weighted by molar-refractivity contribution is 0.415. The van der Waals surface area contributed by atoms with Crippen LogP contribution in [0.1, 0.15) is 12.5 Å². The molecular formula is C11H13NO. The second kappa shape index (κ2) is 3.21. The second-order valence-corrected chi connectivity index (χ2v) is 3.43. The Labute approximate surface area is 78.3 Å². The minimum absolute atomic E-state index is 0.541. The van der Waals surface area contributed by atoms with Gasteiger partial charge in [-0.1, -0.05) is 19.1 Å². The van der Waals surface area contributed by atoms with Gasteiger partial charge in [-0.15, -0.1) is 0 Å². The van der Waals surface area contributed by atoms with Crippen LogP contribution < -0.4 is 4.74 Å². The first-order valence-corrected chi connectivity index (χ1v) is 4.51. The first-order chi connectivity index (χ1) is 6.31. The van der Waals surface area contributed by atoms with E-state index in [9.17, 15) is 0 Å². The van der Waals surface area contributed by atoms with E-state index in [-0.39, 0.29) is 0 Å². The van der Waals surface area contributed by atoms with Crippen molar-refractivity contribution >= 4 is 11.9 Å². The number of ether oxygens (including phenoxy) is 1. The van der Waals surface area contributed by atoms with Crippen molar-refractivity contribution in [2.24, 2.45) is 10.9 Å². The molecule has 2 nitrogen and oxygen atoms in total. The van der Waals surface area contributed by atoms with Crippen molar-refractivity contribution in [3.63, 3.8) is 0 Å². The average molecular weight is 175 g/mol. The molecule has 2 rings (SSSR count). The predicted molar refractivity (Wildman–Crippen MR) is 54.0 cm³/mol. The Hall–Kier alpha value is -1.31. The molecule has 0 aliphatic carbocycles. The summed E-state index contributed by atoms with van der Waals surface area (Å²) in [5.41, 5.74) is 2.29. The van der Waals surface area contributed by atoms with Crippen LogP contribution in [-0.2, 0) is 6.42 Å². The Kier molecular flexibility index (Phi) is 2.05. The zero-order valence-corrected chi connectivity index (χ0v) is 7.95. The first kappa shape index (κ1) is 8.30. The second-order valence-electron chi connectivity index (χ2n) is 3.43. The molecule has 0 N–H and O–H groups in total. The molecule has 0 saturated heterocycles. The third-order valence-corrected chi connectivity index (χ3v) is 2.30. The van der Waals surface area contributed by atoms with Crippen molar-refractivity contribution in [3.8, 4) is 5.75 Å². The molecule has 1 atom stereocenters. The van der Waals surface area contributed by atoms with E-state index in [1.807, 2.05) is 18.3 Å². The third-order valence-electron chi connectivity index (χ3n) is 2.30. The number of nitrogens with zero attached hydrogens (tertiary/aromatic N) is 1. The van der Waals surface area contributed by atoms with Gasteiger partial charge in [0.1, 0.15) is 11.4 Å². The molecule has 1 aliphatic heterocycles. The van der Waals surface area contributed by atoms with Crippen LogP contribution in [0.2, 0.25) is 0 Å². The van der Waals surface area contributed by atoms with Crippen molar-refractivity contribution in [2.45, 2.75) is 13.3 Å². The monoisotopic (exact) mass is 175 g/mol. The van der Waals surface area contributed by atoms with E-state index in [2.05, 4.69) is 18.0 Å². The summed E-state index contributed by atoms with van der Waals surface area (Å²) >= 11 is 0. The van der Waals surface area contributed by atoms with Crippen LogP contribution in [0.5, 0.6) is 5.75 Å². The highest BCUT2D eigenvalue weighted by molar-refractivity contribution is 5.74. The molecule has 1 heterocycles. The van der Waals surface area contributed by atoms with Gasteiger partial charge in [-0.3, -0.25) is 4.99 Å². The van der Waals surface area contributed by atoms with Crippen molar-refractivity contribution in [3.05, 3.63) is 23.8 Å². The number of hydrogen-bond acceptors (Lipinski definition) is 2. The predicted octanol–water partition coefficient (Wildman–Crippen LogP) is 2.59. The summed E-state index contributed by atoms with van der Waals surface area (Å²) in [5, 5.41) is 0. The van der Waals surface area contributed by atoms with Gasteiger partial charge in [0.15, 0.2) is 0 Å². The van der Waals surface area contributed by atoms with Gasteiger partial charge in [0.25, 0.3) is 0 Å². The van der Waals surface area contributed by atoms with Gasteiger partial charge in [-0.05, 0) is 24.0 Å². The summed E-state index contributed by atoms with van der Waals surface area (Å²) in [6.07, 6.45) is 3.06. The van der Waals surface area contributed by atoms with Gasteiger partial charge < -0.3 is 4.74 Å². The molecule has 2 heteroatoms. The third kappa shape index (κ3) is 1.44. The standard InChI is InChI=1S/C11H13NO/c1-8-6-9-4-3-5-10(13-2)11(9)12-7-8/h3-5,7-8H,6H2,1-2H3. The van der Waals surface area contributed by atoms with Crippen molar-refractivity contribution in [1.82, 2.24) is 0 Å². The fraction of sp³-hybridized carbons (Fsp3) is 0.364. The molecule has 0 saturated carbocycles. The molecule has 1 aliphatic rings. The first-order valence-electron chi connectivity index (χ1n) is 4.51. The van der Waals surface area contributed by atoms with Gasteiger partial charge in [-0.25, -0.2) is 0 Å². The van der Waals surface area contributed by atoms with Gasteiger partial charge >= 0.3 is 0 Å². The molecular weight excluding hydrogens is 162 g/mol. The van der Waals surface area contributed by atoms with Crippen molar-refractivity contribution < 1.29 is 4.74 Å². The maximum atomic E-state index is 5.23. The normalized spacial score (nSPS) is 19.7. The molecule has 1 aromatic carbocycles. The van der Waals surface area contributed by atoms with Gasteiger partial charge in [-0.2, -0.15) is 0 Å². The van der Waals surface area contributed by atoms with E-state index in [1.54, 1.807) is 7.11 Å². The lowest BCUT2D eigenvalue weighted by atomic mass is 9.97. The largest absolute Gasteiger partial charge is 0.494 e. The van der Waals surface area contributed by atoms with Crippen LogP contribution in [0.3, 0.4) is 0 Å². The number of fused-ring (bicyclic) bond motifs is 1. The molecule has 1 aromatic rings. The molecule has 0 spiro atoms. The molecule has 1 unspecified atom stereocenters. The van der Waals surface area contributed by atoms with Gasteiger partial charge in [0.2, 0.25) is 0 Å². The summed E-state index contributed by atoms with van der Waals surface area (Å²) in [6, 6.07) is 6.09. The zero-order chi connectivity index (χ0) is 9.26. The van der Waals surface area contributed by atoms with Crippen molar-refractivity contribution in [2.75, 3.05) is 7.11 Å². The van der Waals surface area contributed by atoms with Gasteiger partial charge in [0.05, 0.1) is 7.11 Å². The molecule has 0 fully saturated rings. The minimum Gasteiger partial charge on any atom is -0.494 e. The number of benzene rings is 1. The molecule has 0 radical (unpaired) electrons. The van der Waals surface area contributed by atoms with E-state index in [0.29, 0.717) is 5.92 Å². The fourth-order valence-electron chi connectivity index (χ4n) is 1.65. The summed E-state index contributed by atoms with van der Waals surface area (Å²) in [5.74, 6) is 1.42. The van der Waals surface area contributed by atoms with E-state index in [4.69, 9.17) is 4.74 Å². The number of rotatable bonds is 1. The Morgan fingerprint density at radius 1 is 1.46 bits per heavy atom. The smallest absolute Gasteiger partial charge is 0.144 e. The molecule has 13 heavy (non-hydrogen) atoms. The number of aliphatic imine (C=N–C) groups is 1. The van der Waals surface area contributed by atoms with Crippen LogP contribution >= 0.6 is 0 Å². The molecule has 0 amide bonds. The minimum atomic E-state index is 0.541. The van der Waals surface area contributed by atoms with E-state index in [0.717, 1.165) is 17.9 Å². The van der Waals surface area contributed by atoms with Crippen LogP contribution in [0, 0.1) is 5.92 Å². The molecule has 0 bridgehead atoms. The lowest BCUT2D eigenvalue weighted by Crippen LogP contribution is -2.06. The maximum Gasteiger partial charge on any atom is 0.144 e. The Balaban J connectivity index is 2.49. The Morgan fingerprint density at radius 2 is 2.31 bits per heavy atom. The van der Waals surface area contributed by atoms with Crippen LogP contribution in [-0.4, -0.2) is 13.3 Å². The molecule has 0 aromatic heterocycles. The summed E-state index contributed by atoms with van der Waals surface area (Å²) in [4.78, 5) is 4.39. The van der Waals surface area contributed by atoms with E-state index in [1.165, 1.54) is 5.56 Å². The highest BCUT2D eigenvalue weighted by atomic mass is 16.5. The van der Waals surface area contributed by atoms with E-state index >= 15 is 0 Å².